The predicted molar refractivity (Wildman–Crippen MR) is 54.7 cm³/mol. The molecule has 0 amide bonds. The second-order valence-corrected chi connectivity index (χ2v) is 3.56. The number of nitrogens with zero attached hydrogens (tertiary/aromatic N) is 2. The first-order valence-electron chi connectivity index (χ1n) is 4.96. The summed E-state index contributed by atoms with van der Waals surface area (Å²) in [6.07, 6.45) is 1.92. The minimum Gasteiger partial charge on any atom is -0.330 e. The summed E-state index contributed by atoms with van der Waals surface area (Å²) in [5, 5.41) is 4.51. The summed E-state index contributed by atoms with van der Waals surface area (Å²) in [4.78, 5) is 0. The van der Waals surface area contributed by atoms with Gasteiger partial charge in [0, 0.05) is 18.2 Å². The first-order chi connectivity index (χ1) is 6.19. The van der Waals surface area contributed by atoms with Crippen LogP contribution in [0.3, 0.4) is 0 Å². The lowest BCUT2D eigenvalue weighted by molar-refractivity contribution is 0.506. The molecule has 0 saturated heterocycles. The van der Waals surface area contributed by atoms with E-state index in [1.165, 1.54) is 5.69 Å². The zero-order valence-corrected chi connectivity index (χ0v) is 8.75. The Kier molecular flexibility index (Phi) is 3.48. The highest BCUT2D eigenvalue weighted by Crippen LogP contribution is 2.11. The molecule has 0 fully saturated rings. The normalized spacial score (nSPS) is 11.2. The van der Waals surface area contributed by atoms with Gasteiger partial charge in [0.25, 0.3) is 0 Å². The van der Waals surface area contributed by atoms with Crippen LogP contribution in [0.1, 0.15) is 38.2 Å². The molecular weight excluding hydrogens is 162 g/mol. The van der Waals surface area contributed by atoms with Gasteiger partial charge in [-0.1, -0.05) is 6.92 Å². The third-order valence-electron chi connectivity index (χ3n) is 2.12. The van der Waals surface area contributed by atoms with Crippen molar-refractivity contribution in [2.75, 3.05) is 6.54 Å². The van der Waals surface area contributed by atoms with Crippen molar-refractivity contribution in [2.24, 2.45) is 5.73 Å². The Morgan fingerprint density at radius 1 is 1.54 bits per heavy atom. The van der Waals surface area contributed by atoms with E-state index in [9.17, 15) is 0 Å². The Balaban J connectivity index is 2.90. The number of hydrogen-bond donors (Lipinski definition) is 1. The van der Waals surface area contributed by atoms with Crippen LogP contribution < -0.4 is 5.73 Å². The van der Waals surface area contributed by atoms with E-state index < -0.39 is 0 Å². The standard InChI is InChI=1S/C10H19N3/c1-4-10-7-9(5-6-11)12-13(10)8(2)3/h7-8H,4-6,11H2,1-3H3. The molecule has 3 heteroatoms. The van der Waals surface area contributed by atoms with Gasteiger partial charge in [0.2, 0.25) is 0 Å². The lowest BCUT2D eigenvalue weighted by atomic mass is 10.2. The molecule has 0 radical (unpaired) electrons. The Labute approximate surface area is 79.9 Å². The van der Waals surface area contributed by atoms with E-state index in [1.807, 2.05) is 0 Å². The van der Waals surface area contributed by atoms with Crippen LogP contribution in [0.2, 0.25) is 0 Å². The Bertz CT molecular complexity index is 263. The maximum Gasteiger partial charge on any atom is 0.0640 e. The Morgan fingerprint density at radius 3 is 2.62 bits per heavy atom. The molecule has 74 valence electrons. The molecule has 1 heterocycles. The molecule has 0 atom stereocenters. The van der Waals surface area contributed by atoms with Crippen molar-refractivity contribution in [3.63, 3.8) is 0 Å². The summed E-state index contributed by atoms with van der Waals surface area (Å²) in [7, 11) is 0. The molecule has 0 saturated carbocycles. The predicted octanol–water partition coefficient (Wildman–Crippen LogP) is 1.53. The minimum atomic E-state index is 0.446. The van der Waals surface area contributed by atoms with E-state index in [0.717, 1.165) is 18.5 Å². The van der Waals surface area contributed by atoms with Crippen LogP contribution in [0.5, 0.6) is 0 Å². The fraction of sp³-hybridized carbons (Fsp3) is 0.700. The largest absolute Gasteiger partial charge is 0.330 e. The zero-order chi connectivity index (χ0) is 9.84. The molecule has 0 aromatic carbocycles. The van der Waals surface area contributed by atoms with Crippen molar-refractivity contribution in [2.45, 2.75) is 39.7 Å². The van der Waals surface area contributed by atoms with E-state index >= 15 is 0 Å². The molecule has 0 aliphatic rings. The van der Waals surface area contributed by atoms with Gasteiger partial charge < -0.3 is 5.73 Å². The first kappa shape index (κ1) is 10.3. The number of hydrogen-bond acceptors (Lipinski definition) is 2. The topological polar surface area (TPSA) is 43.8 Å². The van der Waals surface area contributed by atoms with Crippen molar-refractivity contribution in [3.8, 4) is 0 Å². The Hall–Kier alpha value is -0.830. The quantitative estimate of drug-likeness (QED) is 0.765. The minimum absolute atomic E-state index is 0.446. The van der Waals surface area contributed by atoms with Crippen molar-refractivity contribution in [1.29, 1.82) is 0 Å². The lowest BCUT2D eigenvalue weighted by Crippen LogP contribution is -2.08. The van der Waals surface area contributed by atoms with E-state index in [4.69, 9.17) is 5.73 Å². The summed E-state index contributed by atoms with van der Waals surface area (Å²) in [6.45, 7) is 7.14. The van der Waals surface area contributed by atoms with Crippen LogP contribution in [0.15, 0.2) is 6.07 Å². The maximum atomic E-state index is 5.49. The fourth-order valence-electron chi connectivity index (χ4n) is 1.47. The van der Waals surface area contributed by atoms with Crippen LogP contribution >= 0.6 is 0 Å². The van der Waals surface area contributed by atoms with Crippen molar-refractivity contribution in [1.82, 2.24) is 9.78 Å². The average Bonchev–Trinajstić information content (AvgIpc) is 2.48. The summed E-state index contributed by atoms with van der Waals surface area (Å²) in [5.74, 6) is 0. The van der Waals surface area contributed by atoms with Crippen LogP contribution in [0.4, 0.5) is 0 Å². The molecule has 1 aromatic heterocycles. The number of aromatic nitrogens is 2. The van der Waals surface area contributed by atoms with Gasteiger partial charge in [0.15, 0.2) is 0 Å². The number of aryl methyl sites for hydroxylation is 1. The van der Waals surface area contributed by atoms with Crippen LogP contribution in [-0.2, 0) is 12.8 Å². The van der Waals surface area contributed by atoms with E-state index in [-0.39, 0.29) is 0 Å². The molecule has 1 aromatic rings. The summed E-state index contributed by atoms with van der Waals surface area (Å²) in [5.41, 5.74) is 7.91. The third-order valence-corrected chi connectivity index (χ3v) is 2.12. The molecular formula is C10H19N3. The second kappa shape index (κ2) is 4.42. The number of rotatable bonds is 4. The monoisotopic (exact) mass is 181 g/mol. The highest BCUT2D eigenvalue weighted by molar-refractivity contribution is 5.11. The van der Waals surface area contributed by atoms with Crippen molar-refractivity contribution < 1.29 is 0 Å². The van der Waals surface area contributed by atoms with E-state index in [1.54, 1.807) is 0 Å². The van der Waals surface area contributed by atoms with Gasteiger partial charge in [0.1, 0.15) is 0 Å². The lowest BCUT2D eigenvalue weighted by Gasteiger charge is -2.08. The Morgan fingerprint density at radius 2 is 2.23 bits per heavy atom. The van der Waals surface area contributed by atoms with Crippen LogP contribution in [-0.4, -0.2) is 16.3 Å². The highest BCUT2D eigenvalue weighted by Gasteiger charge is 2.07. The van der Waals surface area contributed by atoms with E-state index in [0.29, 0.717) is 12.6 Å². The third kappa shape index (κ3) is 2.31. The summed E-state index contributed by atoms with van der Waals surface area (Å²) >= 11 is 0. The molecule has 0 bridgehead atoms. The highest BCUT2D eigenvalue weighted by atomic mass is 15.3. The van der Waals surface area contributed by atoms with Crippen LogP contribution in [0.25, 0.3) is 0 Å². The smallest absolute Gasteiger partial charge is 0.0640 e. The van der Waals surface area contributed by atoms with Gasteiger partial charge in [-0.25, -0.2) is 0 Å². The maximum absolute atomic E-state index is 5.49. The molecule has 0 aliphatic heterocycles. The van der Waals surface area contributed by atoms with Gasteiger partial charge in [0.05, 0.1) is 5.69 Å². The summed E-state index contributed by atoms with van der Waals surface area (Å²) < 4.78 is 2.09. The fourth-order valence-corrected chi connectivity index (χ4v) is 1.47. The van der Waals surface area contributed by atoms with Gasteiger partial charge >= 0.3 is 0 Å². The van der Waals surface area contributed by atoms with Crippen molar-refractivity contribution >= 4 is 0 Å². The zero-order valence-electron chi connectivity index (χ0n) is 8.75. The molecule has 0 spiro atoms. The van der Waals surface area contributed by atoms with Crippen LogP contribution in [0, 0.1) is 0 Å². The van der Waals surface area contributed by atoms with Gasteiger partial charge in [-0.3, -0.25) is 4.68 Å². The van der Waals surface area contributed by atoms with Crippen molar-refractivity contribution in [3.05, 3.63) is 17.5 Å². The van der Waals surface area contributed by atoms with Gasteiger partial charge in [-0.05, 0) is 32.9 Å². The molecule has 2 N–H and O–H groups in total. The average molecular weight is 181 g/mol. The first-order valence-corrected chi connectivity index (χ1v) is 4.96. The second-order valence-electron chi connectivity index (χ2n) is 3.56. The SMILES string of the molecule is CCc1cc(CCN)nn1C(C)C. The van der Waals surface area contributed by atoms with Gasteiger partial charge in [-0.2, -0.15) is 5.10 Å². The molecule has 13 heavy (non-hydrogen) atoms. The molecule has 3 nitrogen and oxygen atoms in total. The molecule has 0 aliphatic carbocycles. The summed E-state index contributed by atoms with van der Waals surface area (Å²) in [6, 6.07) is 2.61. The molecule has 1 rings (SSSR count). The number of nitrogens with two attached hydrogens (primary N) is 1. The van der Waals surface area contributed by atoms with Gasteiger partial charge in [-0.15, -0.1) is 0 Å². The molecule has 0 unspecified atom stereocenters. The van der Waals surface area contributed by atoms with E-state index in [2.05, 4.69) is 36.6 Å².